The topological polar surface area (TPSA) is 3.24 Å². The Bertz CT molecular complexity index is 322. The van der Waals surface area contributed by atoms with E-state index in [-0.39, 0.29) is 0 Å². The number of benzene rings is 1. The van der Waals surface area contributed by atoms with Gasteiger partial charge in [0.15, 0.2) is 0 Å². The van der Waals surface area contributed by atoms with Crippen LogP contribution in [-0.4, -0.2) is 19.3 Å². The number of hydrogen-bond donors (Lipinski definition) is 1. The van der Waals surface area contributed by atoms with E-state index in [0.29, 0.717) is 0 Å². The maximum absolute atomic E-state index is 4.25. The van der Waals surface area contributed by atoms with Gasteiger partial charge in [0.25, 0.3) is 0 Å². The fraction of sp³-hybridized carbons (Fsp3) is 0.500. The van der Waals surface area contributed by atoms with Crippen molar-refractivity contribution in [3.63, 3.8) is 0 Å². The minimum atomic E-state index is 0.910. The van der Waals surface area contributed by atoms with Gasteiger partial charge >= 0.3 is 0 Å². The second-order valence-corrected chi connectivity index (χ2v) is 4.40. The van der Waals surface area contributed by atoms with E-state index < -0.39 is 0 Å². The summed E-state index contributed by atoms with van der Waals surface area (Å²) >= 11 is 4.25. The van der Waals surface area contributed by atoms with Gasteiger partial charge in [-0.15, -0.1) is 0 Å². The summed E-state index contributed by atoms with van der Waals surface area (Å²) in [7, 11) is 2.13. The Kier molecular flexibility index (Phi) is 3.02. The summed E-state index contributed by atoms with van der Waals surface area (Å²) in [6, 6.07) is 6.85. The largest absolute Gasteiger partial charge is 0.374 e. The molecule has 0 bridgehead atoms. The zero-order chi connectivity index (χ0) is 9.97. The van der Waals surface area contributed by atoms with Crippen molar-refractivity contribution in [2.75, 3.05) is 24.2 Å². The third-order valence-corrected chi connectivity index (χ3v) is 3.16. The number of anilines is 1. The highest BCUT2D eigenvalue weighted by Gasteiger charge is 2.11. The first-order chi connectivity index (χ1) is 6.81. The summed E-state index contributed by atoms with van der Waals surface area (Å²) in [5.74, 6) is 0.910. The van der Waals surface area contributed by atoms with Crippen molar-refractivity contribution >= 4 is 18.3 Å². The molecule has 1 nitrogen and oxygen atoms in total. The third-order valence-electron chi connectivity index (χ3n) is 2.96. The number of aryl methyl sites for hydroxylation is 2. The highest BCUT2D eigenvalue weighted by Crippen LogP contribution is 2.26. The lowest BCUT2D eigenvalue weighted by Gasteiger charge is -2.18. The molecule has 2 heteroatoms. The Morgan fingerprint density at radius 1 is 1.29 bits per heavy atom. The van der Waals surface area contributed by atoms with Crippen LogP contribution in [0.5, 0.6) is 0 Å². The number of nitrogens with zero attached hydrogens (tertiary/aromatic N) is 1. The molecule has 0 unspecified atom stereocenters. The van der Waals surface area contributed by atoms with Crippen molar-refractivity contribution in [1.82, 2.24) is 0 Å². The smallest absolute Gasteiger partial charge is 0.0366 e. The van der Waals surface area contributed by atoms with Gasteiger partial charge in [0.1, 0.15) is 0 Å². The van der Waals surface area contributed by atoms with Gasteiger partial charge in [0.05, 0.1) is 0 Å². The summed E-state index contributed by atoms with van der Waals surface area (Å²) in [5, 5.41) is 0. The molecule has 14 heavy (non-hydrogen) atoms. The average Bonchev–Trinajstić information content (AvgIpc) is 2.64. The van der Waals surface area contributed by atoms with Crippen LogP contribution in [0.4, 0.5) is 5.69 Å². The number of fused-ring (bicyclic) bond motifs is 1. The molecule has 0 radical (unpaired) electrons. The normalized spacial score (nSPS) is 14.1. The number of rotatable bonds is 3. The molecule has 0 amide bonds. The van der Waals surface area contributed by atoms with Gasteiger partial charge in [-0.05, 0) is 42.5 Å². The molecular weight excluding hydrogens is 190 g/mol. The van der Waals surface area contributed by atoms with Crippen molar-refractivity contribution in [1.29, 1.82) is 0 Å². The van der Waals surface area contributed by atoms with Crippen LogP contribution in [0.25, 0.3) is 0 Å². The van der Waals surface area contributed by atoms with E-state index in [1.54, 1.807) is 11.1 Å². The first kappa shape index (κ1) is 9.91. The molecule has 0 aliphatic heterocycles. The van der Waals surface area contributed by atoms with Crippen LogP contribution in [0, 0.1) is 0 Å². The highest BCUT2D eigenvalue weighted by atomic mass is 32.1. The fourth-order valence-electron chi connectivity index (χ4n) is 2.07. The van der Waals surface area contributed by atoms with Gasteiger partial charge in [0.2, 0.25) is 0 Å². The van der Waals surface area contributed by atoms with Crippen LogP contribution in [0.15, 0.2) is 18.2 Å². The van der Waals surface area contributed by atoms with Crippen LogP contribution in [-0.2, 0) is 12.8 Å². The molecule has 2 rings (SSSR count). The summed E-state index contributed by atoms with van der Waals surface area (Å²) in [5.41, 5.74) is 4.43. The van der Waals surface area contributed by atoms with Gasteiger partial charge in [-0.25, -0.2) is 0 Å². The molecule has 1 aromatic rings. The molecule has 0 aromatic heterocycles. The summed E-state index contributed by atoms with van der Waals surface area (Å²) in [6.07, 6.45) is 3.86. The second-order valence-electron chi connectivity index (χ2n) is 3.95. The number of hydrogen-bond acceptors (Lipinski definition) is 2. The van der Waals surface area contributed by atoms with Crippen LogP contribution < -0.4 is 4.90 Å². The van der Waals surface area contributed by atoms with Gasteiger partial charge in [-0.3, -0.25) is 0 Å². The van der Waals surface area contributed by atoms with Crippen molar-refractivity contribution in [2.45, 2.75) is 19.3 Å². The van der Waals surface area contributed by atoms with E-state index in [4.69, 9.17) is 0 Å². The quantitative estimate of drug-likeness (QED) is 0.746. The third kappa shape index (κ3) is 1.90. The van der Waals surface area contributed by atoms with E-state index in [1.165, 1.54) is 24.9 Å². The molecule has 1 aromatic carbocycles. The average molecular weight is 207 g/mol. The second kappa shape index (κ2) is 4.26. The molecule has 76 valence electrons. The molecule has 0 atom stereocenters. The minimum absolute atomic E-state index is 0.910. The Morgan fingerprint density at radius 2 is 2.07 bits per heavy atom. The van der Waals surface area contributed by atoms with E-state index in [1.807, 2.05) is 0 Å². The minimum Gasteiger partial charge on any atom is -0.374 e. The summed E-state index contributed by atoms with van der Waals surface area (Å²) in [6.45, 7) is 1.02. The predicted molar refractivity (Wildman–Crippen MR) is 65.6 cm³/mol. The van der Waals surface area contributed by atoms with Crippen LogP contribution in [0.2, 0.25) is 0 Å². The maximum atomic E-state index is 4.25. The van der Waals surface area contributed by atoms with Crippen molar-refractivity contribution in [2.24, 2.45) is 0 Å². The van der Waals surface area contributed by atoms with E-state index in [0.717, 1.165) is 12.3 Å². The summed E-state index contributed by atoms with van der Waals surface area (Å²) in [4.78, 5) is 2.27. The molecule has 0 heterocycles. The lowest BCUT2D eigenvalue weighted by molar-refractivity contribution is 0.911. The van der Waals surface area contributed by atoms with Gasteiger partial charge in [-0.1, -0.05) is 6.07 Å². The van der Waals surface area contributed by atoms with E-state index >= 15 is 0 Å². The SMILES string of the molecule is CN(CCS)c1ccc2c(c1)CCC2. The van der Waals surface area contributed by atoms with Crippen LogP contribution in [0.3, 0.4) is 0 Å². The standard InChI is InChI=1S/C12H17NS/c1-13(7-8-14)12-6-5-10-3-2-4-11(10)9-12/h5-6,9,14H,2-4,7-8H2,1H3. The van der Waals surface area contributed by atoms with Gasteiger partial charge < -0.3 is 4.90 Å². The van der Waals surface area contributed by atoms with E-state index in [2.05, 4.69) is 42.8 Å². The maximum Gasteiger partial charge on any atom is 0.0366 e. The molecule has 0 spiro atoms. The zero-order valence-corrected chi connectivity index (χ0v) is 9.56. The monoisotopic (exact) mass is 207 g/mol. The molecule has 0 N–H and O–H groups in total. The van der Waals surface area contributed by atoms with E-state index in [9.17, 15) is 0 Å². The van der Waals surface area contributed by atoms with Gasteiger partial charge in [-0.2, -0.15) is 12.6 Å². The van der Waals surface area contributed by atoms with Crippen molar-refractivity contribution in [3.8, 4) is 0 Å². The Morgan fingerprint density at radius 3 is 2.86 bits per heavy atom. The Labute approximate surface area is 91.5 Å². The molecule has 1 aliphatic carbocycles. The summed E-state index contributed by atoms with van der Waals surface area (Å²) < 4.78 is 0. The predicted octanol–water partition coefficient (Wildman–Crippen LogP) is 2.54. The van der Waals surface area contributed by atoms with Gasteiger partial charge in [0, 0.05) is 25.0 Å². The molecule has 1 aliphatic rings. The Balaban J connectivity index is 2.19. The molecule has 0 saturated carbocycles. The highest BCUT2D eigenvalue weighted by molar-refractivity contribution is 7.80. The first-order valence-corrected chi connectivity index (χ1v) is 5.88. The fourth-order valence-corrected chi connectivity index (χ4v) is 2.37. The lowest BCUT2D eigenvalue weighted by Crippen LogP contribution is -2.19. The Hall–Kier alpha value is -0.630. The van der Waals surface area contributed by atoms with Crippen LogP contribution in [0.1, 0.15) is 17.5 Å². The zero-order valence-electron chi connectivity index (χ0n) is 8.66. The first-order valence-electron chi connectivity index (χ1n) is 5.25. The number of thiol groups is 1. The lowest BCUT2D eigenvalue weighted by atomic mass is 10.1. The molecular formula is C12H17NS. The van der Waals surface area contributed by atoms with Crippen LogP contribution >= 0.6 is 12.6 Å². The van der Waals surface area contributed by atoms with Crippen molar-refractivity contribution in [3.05, 3.63) is 29.3 Å². The molecule has 0 fully saturated rings. The molecule has 0 saturated heterocycles. The van der Waals surface area contributed by atoms with Crippen molar-refractivity contribution < 1.29 is 0 Å².